The molecule has 0 aliphatic heterocycles. The summed E-state index contributed by atoms with van der Waals surface area (Å²) in [7, 11) is 0. The van der Waals surface area contributed by atoms with Crippen molar-refractivity contribution in [1.82, 2.24) is 15.6 Å². The van der Waals surface area contributed by atoms with E-state index in [9.17, 15) is 9.90 Å². The van der Waals surface area contributed by atoms with Crippen LogP contribution in [0.1, 0.15) is 31.4 Å². The molecule has 0 saturated heterocycles. The molecule has 0 atom stereocenters. The Balaban J connectivity index is 1.58. The number of aromatic nitrogens is 1. The Hall–Kier alpha value is -2.01. The summed E-state index contributed by atoms with van der Waals surface area (Å²) in [6.45, 7) is 0.453. The fourth-order valence-corrected chi connectivity index (χ4v) is 3.06. The Labute approximate surface area is 123 Å². The predicted octanol–water partition coefficient (Wildman–Crippen LogP) is 2.27. The van der Waals surface area contributed by atoms with Gasteiger partial charge in [0.1, 0.15) is 0 Å². The molecule has 0 unspecified atom stereocenters. The highest BCUT2D eigenvalue weighted by Crippen LogP contribution is 2.28. The number of aliphatic hydroxyl groups excluding tert-OH is 1. The molecule has 2 amide bonds. The highest BCUT2D eigenvalue weighted by molar-refractivity contribution is 5.80. The SMILES string of the molecule is O=C(NCc1cc2ccccc2[nH]1)NC1(CO)CCCC1. The van der Waals surface area contributed by atoms with Gasteiger partial charge in [-0.1, -0.05) is 31.0 Å². The van der Waals surface area contributed by atoms with Gasteiger partial charge in [0.25, 0.3) is 0 Å². The standard InChI is InChI=1S/C16H21N3O2/c20-11-16(7-3-4-8-16)19-15(21)17-10-13-9-12-5-1-2-6-14(12)18-13/h1-2,5-6,9,18,20H,3-4,7-8,10-11H2,(H2,17,19,21). The molecule has 1 aliphatic rings. The molecular formula is C16H21N3O2. The second kappa shape index (κ2) is 5.77. The first-order chi connectivity index (χ1) is 10.2. The van der Waals surface area contributed by atoms with Crippen molar-refractivity contribution in [1.29, 1.82) is 0 Å². The lowest BCUT2D eigenvalue weighted by Gasteiger charge is -2.27. The third-order valence-corrected chi connectivity index (χ3v) is 4.27. The number of para-hydroxylation sites is 1. The zero-order valence-corrected chi connectivity index (χ0v) is 12.0. The number of urea groups is 1. The van der Waals surface area contributed by atoms with Crippen LogP contribution in [0.3, 0.4) is 0 Å². The number of amides is 2. The highest BCUT2D eigenvalue weighted by atomic mass is 16.3. The van der Waals surface area contributed by atoms with Crippen molar-refractivity contribution in [3.63, 3.8) is 0 Å². The highest BCUT2D eigenvalue weighted by Gasteiger charge is 2.34. The summed E-state index contributed by atoms with van der Waals surface area (Å²) in [5.74, 6) is 0. The molecule has 112 valence electrons. The largest absolute Gasteiger partial charge is 0.394 e. The molecule has 0 radical (unpaired) electrons. The first kappa shape index (κ1) is 13.9. The number of nitrogens with one attached hydrogen (secondary N) is 3. The number of carbonyl (C=O) groups is 1. The molecule has 1 aliphatic carbocycles. The first-order valence-corrected chi connectivity index (χ1v) is 7.44. The smallest absolute Gasteiger partial charge is 0.315 e. The monoisotopic (exact) mass is 287 g/mol. The van der Waals surface area contributed by atoms with Gasteiger partial charge in [0.05, 0.1) is 18.7 Å². The summed E-state index contributed by atoms with van der Waals surface area (Å²) >= 11 is 0. The van der Waals surface area contributed by atoms with Gasteiger partial charge in [0.15, 0.2) is 0 Å². The lowest BCUT2D eigenvalue weighted by molar-refractivity contribution is 0.162. The lowest BCUT2D eigenvalue weighted by Crippen LogP contribution is -2.52. The minimum Gasteiger partial charge on any atom is -0.394 e. The van der Waals surface area contributed by atoms with E-state index in [1.165, 1.54) is 0 Å². The summed E-state index contributed by atoms with van der Waals surface area (Å²) < 4.78 is 0. The molecule has 2 aromatic rings. The first-order valence-electron chi connectivity index (χ1n) is 7.44. The number of aliphatic hydroxyl groups is 1. The second-order valence-electron chi connectivity index (χ2n) is 5.84. The number of aromatic amines is 1. The van der Waals surface area contributed by atoms with Crippen molar-refractivity contribution in [2.75, 3.05) is 6.61 Å². The minimum atomic E-state index is -0.426. The minimum absolute atomic E-state index is 0.00675. The van der Waals surface area contributed by atoms with Crippen LogP contribution < -0.4 is 10.6 Å². The Morgan fingerprint density at radius 2 is 2.05 bits per heavy atom. The summed E-state index contributed by atoms with van der Waals surface area (Å²) in [5, 5.41) is 16.4. The molecule has 4 N–H and O–H groups in total. The van der Waals surface area contributed by atoms with Crippen LogP contribution >= 0.6 is 0 Å². The van der Waals surface area contributed by atoms with E-state index in [1.807, 2.05) is 30.3 Å². The predicted molar refractivity (Wildman–Crippen MR) is 82.0 cm³/mol. The van der Waals surface area contributed by atoms with E-state index in [1.54, 1.807) is 0 Å². The van der Waals surface area contributed by atoms with Gasteiger partial charge in [0.2, 0.25) is 0 Å². The van der Waals surface area contributed by atoms with Crippen molar-refractivity contribution in [2.45, 2.75) is 37.8 Å². The van der Waals surface area contributed by atoms with Crippen LogP contribution in [0, 0.1) is 0 Å². The van der Waals surface area contributed by atoms with Crippen LogP contribution in [0.2, 0.25) is 0 Å². The number of fused-ring (bicyclic) bond motifs is 1. The average molecular weight is 287 g/mol. The molecule has 0 spiro atoms. The second-order valence-corrected chi connectivity index (χ2v) is 5.84. The summed E-state index contributed by atoms with van der Waals surface area (Å²) in [6, 6.07) is 9.84. The van der Waals surface area contributed by atoms with Crippen LogP contribution in [0.25, 0.3) is 10.9 Å². The maximum absolute atomic E-state index is 12.0. The summed E-state index contributed by atoms with van der Waals surface area (Å²) in [5.41, 5.74) is 1.61. The third-order valence-electron chi connectivity index (χ3n) is 4.27. The van der Waals surface area contributed by atoms with Gasteiger partial charge in [-0.15, -0.1) is 0 Å². The maximum Gasteiger partial charge on any atom is 0.315 e. The normalized spacial score (nSPS) is 17.0. The summed E-state index contributed by atoms with van der Waals surface area (Å²) in [4.78, 5) is 15.3. The number of carbonyl (C=O) groups excluding carboxylic acids is 1. The van der Waals surface area contributed by atoms with Crippen LogP contribution in [0.5, 0.6) is 0 Å². The number of benzene rings is 1. The number of rotatable bonds is 4. The van der Waals surface area contributed by atoms with Gasteiger partial charge in [-0.3, -0.25) is 0 Å². The Morgan fingerprint density at radius 1 is 1.29 bits per heavy atom. The van der Waals surface area contributed by atoms with Crippen LogP contribution in [0.4, 0.5) is 4.79 Å². The molecule has 3 rings (SSSR count). The van der Waals surface area contributed by atoms with E-state index in [0.29, 0.717) is 6.54 Å². The van der Waals surface area contributed by atoms with Gasteiger partial charge in [-0.2, -0.15) is 0 Å². The molecule has 1 aromatic carbocycles. The summed E-state index contributed by atoms with van der Waals surface area (Å²) in [6.07, 6.45) is 3.82. The number of H-pyrrole nitrogens is 1. The molecular weight excluding hydrogens is 266 g/mol. The van der Waals surface area contributed by atoms with Gasteiger partial charge in [-0.25, -0.2) is 4.79 Å². The van der Waals surface area contributed by atoms with Crippen LogP contribution in [-0.2, 0) is 6.54 Å². The van der Waals surface area contributed by atoms with Crippen molar-refractivity contribution in [3.05, 3.63) is 36.0 Å². The van der Waals surface area contributed by atoms with Crippen molar-refractivity contribution in [3.8, 4) is 0 Å². The Kier molecular flexibility index (Phi) is 3.84. The fourth-order valence-electron chi connectivity index (χ4n) is 3.06. The number of hydrogen-bond acceptors (Lipinski definition) is 2. The molecule has 1 fully saturated rings. The zero-order chi connectivity index (χ0) is 14.7. The molecule has 5 heteroatoms. The maximum atomic E-state index is 12.0. The van der Waals surface area contributed by atoms with Crippen LogP contribution in [-0.4, -0.2) is 28.3 Å². The zero-order valence-electron chi connectivity index (χ0n) is 12.0. The topological polar surface area (TPSA) is 77.2 Å². The lowest BCUT2D eigenvalue weighted by atomic mass is 9.99. The third kappa shape index (κ3) is 3.03. The Bertz CT molecular complexity index is 596. The van der Waals surface area contributed by atoms with Gasteiger partial charge in [-0.05, 0) is 30.4 Å². The fraction of sp³-hybridized carbons (Fsp3) is 0.438. The molecule has 0 bridgehead atoms. The van der Waals surface area contributed by atoms with Crippen LogP contribution in [0.15, 0.2) is 30.3 Å². The van der Waals surface area contributed by atoms with E-state index >= 15 is 0 Å². The number of hydrogen-bond donors (Lipinski definition) is 4. The average Bonchev–Trinajstić information content (AvgIpc) is 3.11. The molecule has 5 nitrogen and oxygen atoms in total. The molecule has 1 saturated carbocycles. The Morgan fingerprint density at radius 3 is 2.76 bits per heavy atom. The van der Waals surface area contributed by atoms with Crippen molar-refractivity contribution < 1.29 is 9.90 Å². The van der Waals surface area contributed by atoms with E-state index in [4.69, 9.17) is 0 Å². The van der Waals surface area contributed by atoms with E-state index < -0.39 is 5.54 Å². The van der Waals surface area contributed by atoms with Gasteiger partial charge < -0.3 is 20.7 Å². The van der Waals surface area contributed by atoms with E-state index in [-0.39, 0.29) is 12.6 Å². The van der Waals surface area contributed by atoms with Gasteiger partial charge >= 0.3 is 6.03 Å². The molecule has 1 aromatic heterocycles. The molecule has 1 heterocycles. The van der Waals surface area contributed by atoms with E-state index in [2.05, 4.69) is 15.6 Å². The molecule has 21 heavy (non-hydrogen) atoms. The van der Waals surface area contributed by atoms with Crippen molar-refractivity contribution >= 4 is 16.9 Å². The van der Waals surface area contributed by atoms with Gasteiger partial charge in [0, 0.05) is 11.2 Å². The quantitative estimate of drug-likeness (QED) is 0.696. The van der Waals surface area contributed by atoms with Crippen molar-refractivity contribution in [2.24, 2.45) is 0 Å². The van der Waals surface area contributed by atoms with E-state index in [0.717, 1.165) is 42.3 Å².